The maximum absolute atomic E-state index is 13.0. The van der Waals surface area contributed by atoms with Crippen LogP contribution in [0.25, 0.3) is 0 Å². The highest BCUT2D eigenvalue weighted by atomic mass is 16.6. The number of carbonyl (C=O) groups is 2. The van der Waals surface area contributed by atoms with Crippen molar-refractivity contribution in [3.8, 4) is 0 Å². The van der Waals surface area contributed by atoms with Crippen molar-refractivity contribution in [2.24, 2.45) is 10.8 Å². The molecule has 6 nitrogen and oxygen atoms in total. The number of carbonyl (C=O) groups excluding carboxylic acids is 2. The molecule has 4 fully saturated rings. The summed E-state index contributed by atoms with van der Waals surface area (Å²) in [6.45, 7) is 9.05. The lowest BCUT2D eigenvalue weighted by molar-refractivity contribution is -0.155. The lowest BCUT2D eigenvalue weighted by atomic mass is 9.53. The van der Waals surface area contributed by atoms with E-state index in [0.29, 0.717) is 25.7 Å². The molecule has 0 radical (unpaired) electrons. The van der Waals surface area contributed by atoms with E-state index in [0.717, 1.165) is 51.6 Å². The summed E-state index contributed by atoms with van der Waals surface area (Å²) in [5.74, 6) is 0.337. The first-order valence-electron chi connectivity index (χ1n) is 9.58. The fourth-order valence-corrected chi connectivity index (χ4v) is 4.52. The highest BCUT2D eigenvalue weighted by Crippen LogP contribution is 2.57. The van der Waals surface area contributed by atoms with Crippen LogP contribution in [-0.4, -0.2) is 55.3 Å². The Bertz CT molecular complexity index is 495. The van der Waals surface area contributed by atoms with E-state index in [-0.39, 0.29) is 16.9 Å². The van der Waals surface area contributed by atoms with E-state index in [1.807, 2.05) is 25.7 Å². The van der Waals surface area contributed by atoms with Gasteiger partial charge in [-0.15, -0.1) is 0 Å². The van der Waals surface area contributed by atoms with Crippen molar-refractivity contribution in [1.82, 2.24) is 10.2 Å². The first-order chi connectivity index (χ1) is 11.7. The van der Waals surface area contributed by atoms with Crippen LogP contribution in [0, 0.1) is 10.8 Å². The minimum Gasteiger partial charge on any atom is -0.444 e. The molecule has 1 N–H and O–H groups in total. The lowest BCUT2D eigenvalue weighted by Gasteiger charge is -2.53. The number of morpholine rings is 1. The molecule has 4 aliphatic rings. The normalized spacial score (nSPS) is 32.4. The summed E-state index contributed by atoms with van der Waals surface area (Å²) in [5, 5.41) is 2.96. The largest absolute Gasteiger partial charge is 0.444 e. The van der Waals surface area contributed by atoms with Gasteiger partial charge in [0.1, 0.15) is 5.60 Å². The van der Waals surface area contributed by atoms with Crippen LogP contribution in [0.3, 0.4) is 0 Å². The van der Waals surface area contributed by atoms with Crippen molar-refractivity contribution in [2.75, 3.05) is 32.8 Å². The molecule has 0 atom stereocenters. The molecule has 0 spiro atoms. The van der Waals surface area contributed by atoms with Crippen LogP contribution in [0.15, 0.2) is 0 Å². The van der Waals surface area contributed by atoms with Crippen LogP contribution in [0.1, 0.15) is 59.3 Å². The predicted molar refractivity (Wildman–Crippen MR) is 94.2 cm³/mol. The number of alkyl carbamates (subject to hydrolysis) is 1. The first-order valence-corrected chi connectivity index (χ1v) is 9.58. The molecule has 0 aromatic carbocycles. The number of hydrogen-bond donors (Lipinski definition) is 1. The maximum atomic E-state index is 13.0. The van der Waals surface area contributed by atoms with Crippen LogP contribution in [0.2, 0.25) is 0 Å². The van der Waals surface area contributed by atoms with Crippen molar-refractivity contribution < 1.29 is 19.1 Å². The van der Waals surface area contributed by atoms with Gasteiger partial charge in [-0.3, -0.25) is 4.79 Å². The summed E-state index contributed by atoms with van der Waals surface area (Å²) in [4.78, 5) is 27.0. The number of fused-ring (bicyclic) bond motifs is 3. The molecule has 25 heavy (non-hydrogen) atoms. The van der Waals surface area contributed by atoms with Gasteiger partial charge in [-0.25, -0.2) is 4.79 Å². The Balaban J connectivity index is 1.53. The minimum atomic E-state index is -0.472. The number of amides is 2. The highest BCUT2D eigenvalue weighted by Gasteiger charge is 2.53. The molecule has 4 rings (SSSR count). The van der Waals surface area contributed by atoms with Gasteiger partial charge >= 0.3 is 6.09 Å². The van der Waals surface area contributed by atoms with Gasteiger partial charge in [0.2, 0.25) is 5.91 Å². The van der Waals surface area contributed by atoms with Gasteiger partial charge in [-0.2, -0.15) is 0 Å². The van der Waals surface area contributed by atoms with E-state index in [9.17, 15) is 9.59 Å². The Morgan fingerprint density at radius 1 is 1.04 bits per heavy atom. The monoisotopic (exact) mass is 352 g/mol. The van der Waals surface area contributed by atoms with Crippen molar-refractivity contribution in [2.45, 2.75) is 64.9 Å². The van der Waals surface area contributed by atoms with Gasteiger partial charge in [-0.05, 0) is 64.7 Å². The summed E-state index contributed by atoms with van der Waals surface area (Å²) in [6, 6.07) is 0. The molecule has 1 aliphatic heterocycles. The van der Waals surface area contributed by atoms with Gasteiger partial charge in [-0.1, -0.05) is 0 Å². The molecule has 0 aromatic heterocycles. The van der Waals surface area contributed by atoms with Crippen molar-refractivity contribution in [1.29, 1.82) is 0 Å². The third-order valence-electron chi connectivity index (χ3n) is 6.16. The SMILES string of the molecule is CC(C)(C)OC(=O)NCC12CCC(C(=O)N3CCOCC3)(CC1)CC2. The molecule has 142 valence electrons. The predicted octanol–water partition coefficient (Wildman–Crippen LogP) is 2.71. The summed E-state index contributed by atoms with van der Waals surface area (Å²) < 4.78 is 10.7. The molecule has 3 aliphatic carbocycles. The van der Waals surface area contributed by atoms with Crippen LogP contribution in [0.4, 0.5) is 4.79 Å². The molecule has 1 saturated heterocycles. The topological polar surface area (TPSA) is 67.9 Å². The van der Waals surface area contributed by atoms with Crippen molar-refractivity contribution >= 4 is 12.0 Å². The molecule has 0 unspecified atom stereocenters. The zero-order valence-electron chi connectivity index (χ0n) is 15.9. The van der Waals surface area contributed by atoms with E-state index in [2.05, 4.69) is 5.32 Å². The molecule has 2 amide bonds. The van der Waals surface area contributed by atoms with Gasteiger partial charge in [0.05, 0.1) is 13.2 Å². The Labute approximate surface area is 150 Å². The summed E-state index contributed by atoms with van der Waals surface area (Å²) in [7, 11) is 0. The quantitative estimate of drug-likeness (QED) is 0.848. The van der Waals surface area contributed by atoms with Gasteiger partial charge in [0, 0.05) is 25.0 Å². The second kappa shape index (κ2) is 6.78. The Morgan fingerprint density at radius 2 is 1.60 bits per heavy atom. The third-order valence-corrected chi connectivity index (χ3v) is 6.16. The van der Waals surface area contributed by atoms with E-state index >= 15 is 0 Å². The van der Waals surface area contributed by atoms with Crippen molar-refractivity contribution in [3.63, 3.8) is 0 Å². The number of nitrogens with zero attached hydrogens (tertiary/aromatic N) is 1. The van der Waals surface area contributed by atoms with Gasteiger partial charge < -0.3 is 19.7 Å². The first kappa shape index (κ1) is 18.5. The Morgan fingerprint density at radius 3 is 2.12 bits per heavy atom. The van der Waals surface area contributed by atoms with Crippen LogP contribution >= 0.6 is 0 Å². The molecule has 6 heteroatoms. The van der Waals surface area contributed by atoms with E-state index in [1.54, 1.807) is 0 Å². The van der Waals surface area contributed by atoms with E-state index < -0.39 is 5.60 Å². The summed E-state index contributed by atoms with van der Waals surface area (Å²) in [5.41, 5.74) is -0.491. The molecule has 3 saturated carbocycles. The van der Waals surface area contributed by atoms with Gasteiger partial charge in [0.25, 0.3) is 0 Å². The standard InChI is InChI=1S/C19H32N2O4/c1-17(2,3)25-16(23)20-14-18-4-7-19(8-5-18,9-6-18)15(22)21-10-12-24-13-11-21/h4-14H2,1-3H3,(H,20,23). The fraction of sp³-hybridized carbons (Fsp3) is 0.895. The van der Waals surface area contributed by atoms with Gasteiger partial charge in [0.15, 0.2) is 0 Å². The summed E-state index contributed by atoms with van der Waals surface area (Å²) in [6.07, 6.45) is 5.53. The Hall–Kier alpha value is -1.30. The van der Waals surface area contributed by atoms with Crippen LogP contribution in [0.5, 0.6) is 0 Å². The Kier molecular flexibility index (Phi) is 5.02. The number of hydrogen-bond acceptors (Lipinski definition) is 4. The van der Waals surface area contributed by atoms with Crippen LogP contribution < -0.4 is 5.32 Å². The van der Waals surface area contributed by atoms with Crippen molar-refractivity contribution in [3.05, 3.63) is 0 Å². The number of ether oxygens (including phenoxy) is 2. The van der Waals surface area contributed by atoms with E-state index in [1.165, 1.54) is 0 Å². The maximum Gasteiger partial charge on any atom is 0.407 e. The molecular weight excluding hydrogens is 320 g/mol. The number of rotatable bonds is 3. The molecule has 2 bridgehead atoms. The average molecular weight is 352 g/mol. The third kappa shape index (κ3) is 4.10. The fourth-order valence-electron chi connectivity index (χ4n) is 4.52. The van der Waals surface area contributed by atoms with Crippen LogP contribution in [-0.2, 0) is 14.3 Å². The second-order valence-corrected chi connectivity index (χ2v) is 9.04. The zero-order chi connectivity index (χ0) is 18.1. The molecular formula is C19H32N2O4. The lowest BCUT2D eigenvalue weighted by Crippen LogP contribution is -2.55. The average Bonchev–Trinajstić information content (AvgIpc) is 2.60. The minimum absolute atomic E-state index is 0.143. The van der Waals surface area contributed by atoms with E-state index in [4.69, 9.17) is 9.47 Å². The zero-order valence-corrected chi connectivity index (χ0v) is 15.9. The summed E-state index contributed by atoms with van der Waals surface area (Å²) >= 11 is 0. The smallest absolute Gasteiger partial charge is 0.407 e. The number of nitrogens with one attached hydrogen (secondary N) is 1. The second-order valence-electron chi connectivity index (χ2n) is 9.04. The molecule has 0 aromatic rings. The molecule has 1 heterocycles. The highest BCUT2D eigenvalue weighted by molar-refractivity contribution is 5.83.